The summed E-state index contributed by atoms with van der Waals surface area (Å²) in [6, 6.07) is 1.09. The van der Waals surface area contributed by atoms with Crippen molar-refractivity contribution in [3.05, 3.63) is 0 Å². The SMILES string of the molecule is O=C(CCCNC1CCOCC1)NC1CC1. The molecule has 1 amide bonds. The Kier molecular flexibility index (Phi) is 4.60. The molecule has 0 spiro atoms. The van der Waals surface area contributed by atoms with E-state index < -0.39 is 0 Å². The molecule has 16 heavy (non-hydrogen) atoms. The molecule has 0 aromatic carbocycles. The number of amides is 1. The van der Waals surface area contributed by atoms with Gasteiger partial charge in [0.2, 0.25) is 5.91 Å². The number of carbonyl (C=O) groups is 1. The molecule has 1 saturated heterocycles. The number of hydrogen-bond donors (Lipinski definition) is 2. The number of rotatable bonds is 6. The van der Waals surface area contributed by atoms with Crippen LogP contribution in [0.1, 0.15) is 38.5 Å². The maximum absolute atomic E-state index is 11.4. The molecular weight excluding hydrogens is 204 g/mol. The van der Waals surface area contributed by atoms with E-state index in [1.54, 1.807) is 0 Å². The average molecular weight is 226 g/mol. The lowest BCUT2D eigenvalue weighted by Crippen LogP contribution is -2.35. The highest BCUT2D eigenvalue weighted by Crippen LogP contribution is 2.18. The standard InChI is InChI=1S/C12H22N2O2/c15-12(14-11-3-4-11)2-1-7-13-10-5-8-16-9-6-10/h10-11,13H,1-9H2,(H,14,15). The van der Waals surface area contributed by atoms with E-state index in [9.17, 15) is 4.79 Å². The minimum absolute atomic E-state index is 0.219. The quantitative estimate of drug-likeness (QED) is 0.659. The maximum atomic E-state index is 11.4. The van der Waals surface area contributed by atoms with Gasteiger partial charge in [-0.2, -0.15) is 0 Å². The van der Waals surface area contributed by atoms with Gasteiger partial charge in [0.1, 0.15) is 0 Å². The lowest BCUT2D eigenvalue weighted by Gasteiger charge is -2.23. The maximum Gasteiger partial charge on any atom is 0.220 e. The molecule has 0 aromatic heterocycles. The molecule has 2 N–H and O–H groups in total. The molecule has 0 unspecified atom stereocenters. The van der Waals surface area contributed by atoms with Crippen molar-refractivity contribution in [1.29, 1.82) is 0 Å². The van der Waals surface area contributed by atoms with Crippen LogP contribution in [0.5, 0.6) is 0 Å². The van der Waals surface area contributed by atoms with Gasteiger partial charge in [-0.25, -0.2) is 0 Å². The van der Waals surface area contributed by atoms with Crippen LogP contribution < -0.4 is 10.6 Å². The van der Waals surface area contributed by atoms with Crippen molar-refractivity contribution in [3.8, 4) is 0 Å². The van der Waals surface area contributed by atoms with E-state index in [4.69, 9.17) is 4.74 Å². The monoisotopic (exact) mass is 226 g/mol. The molecule has 1 saturated carbocycles. The van der Waals surface area contributed by atoms with Gasteiger partial charge in [0.05, 0.1) is 0 Å². The second-order valence-electron chi connectivity index (χ2n) is 4.79. The van der Waals surface area contributed by atoms with Gasteiger partial charge in [-0.15, -0.1) is 0 Å². The van der Waals surface area contributed by atoms with Crippen molar-refractivity contribution in [1.82, 2.24) is 10.6 Å². The van der Waals surface area contributed by atoms with E-state index in [0.29, 0.717) is 18.5 Å². The Morgan fingerprint density at radius 1 is 1.12 bits per heavy atom. The first-order valence-corrected chi connectivity index (χ1v) is 6.45. The lowest BCUT2D eigenvalue weighted by molar-refractivity contribution is -0.121. The van der Waals surface area contributed by atoms with Crippen LogP contribution in [-0.2, 0) is 9.53 Å². The van der Waals surface area contributed by atoms with Crippen molar-refractivity contribution in [2.24, 2.45) is 0 Å². The normalized spacial score (nSPS) is 22.0. The van der Waals surface area contributed by atoms with Crippen LogP contribution in [0.3, 0.4) is 0 Å². The number of hydrogen-bond acceptors (Lipinski definition) is 3. The van der Waals surface area contributed by atoms with E-state index in [2.05, 4.69) is 10.6 Å². The van der Waals surface area contributed by atoms with Gasteiger partial charge in [-0.1, -0.05) is 0 Å². The fourth-order valence-electron chi connectivity index (χ4n) is 1.98. The van der Waals surface area contributed by atoms with Crippen LogP contribution >= 0.6 is 0 Å². The van der Waals surface area contributed by atoms with Crippen molar-refractivity contribution in [3.63, 3.8) is 0 Å². The van der Waals surface area contributed by atoms with Crippen LogP contribution in [0.15, 0.2) is 0 Å². The van der Waals surface area contributed by atoms with Gasteiger partial charge in [-0.05, 0) is 38.6 Å². The summed E-state index contributed by atoms with van der Waals surface area (Å²) in [6.07, 6.45) is 6.16. The Hall–Kier alpha value is -0.610. The third-order valence-corrected chi connectivity index (χ3v) is 3.18. The minimum atomic E-state index is 0.219. The van der Waals surface area contributed by atoms with Crippen molar-refractivity contribution in [2.75, 3.05) is 19.8 Å². The molecular formula is C12H22N2O2. The van der Waals surface area contributed by atoms with Crippen LogP contribution in [0.25, 0.3) is 0 Å². The van der Waals surface area contributed by atoms with Crippen LogP contribution in [0.4, 0.5) is 0 Å². The first-order chi connectivity index (χ1) is 7.84. The molecule has 0 atom stereocenters. The van der Waals surface area contributed by atoms with Crippen molar-refractivity contribution >= 4 is 5.91 Å². The number of nitrogens with one attached hydrogen (secondary N) is 2. The summed E-state index contributed by atoms with van der Waals surface area (Å²) in [6.45, 7) is 2.70. The van der Waals surface area contributed by atoms with Crippen LogP contribution in [0.2, 0.25) is 0 Å². The summed E-state index contributed by atoms with van der Waals surface area (Å²) >= 11 is 0. The van der Waals surface area contributed by atoms with Crippen molar-refractivity contribution in [2.45, 2.75) is 50.6 Å². The number of ether oxygens (including phenoxy) is 1. The highest BCUT2D eigenvalue weighted by molar-refractivity contribution is 5.76. The predicted octanol–water partition coefficient (Wildman–Crippen LogP) is 0.814. The third kappa shape index (κ3) is 4.49. The van der Waals surface area contributed by atoms with Gasteiger partial charge in [-0.3, -0.25) is 4.79 Å². The summed E-state index contributed by atoms with van der Waals surface area (Å²) in [5, 5.41) is 6.49. The van der Waals surface area contributed by atoms with Crippen LogP contribution in [0, 0.1) is 0 Å². The molecule has 4 heteroatoms. The Morgan fingerprint density at radius 3 is 2.56 bits per heavy atom. The first-order valence-electron chi connectivity index (χ1n) is 6.45. The highest BCUT2D eigenvalue weighted by atomic mass is 16.5. The molecule has 4 nitrogen and oxygen atoms in total. The van der Waals surface area contributed by atoms with Gasteiger partial charge >= 0.3 is 0 Å². The largest absolute Gasteiger partial charge is 0.381 e. The Morgan fingerprint density at radius 2 is 1.88 bits per heavy atom. The minimum Gasteiger partial charge on any atom is -0.381 e. The van der Waals surface area contributed by atoms with Crippen molar-refractivity contribution < 1.29 is 9.53 Å². The molecule has 1 aliphatic carbocycles. The zero-order chi connectivity index (χ0) is 11.2. The topological polar surface area (TPSA) is 50.4 Å². The Labute approximate surface area is 97.1 Å². The van der Waals surface area contributed by atoms with E-state index in [-0.39, 0.29) is 5.91 Å². The molecule has 2 fully saturated rings. The summed E-state index contributed by atoms with van der Waals surface area (Å²) in [5.41, 5.74) is 0. The van der Waals surface area contributed by atoms with E-state index in [1.807, 2.05) is 0 Å². The van der Waals surface area contributed by atoms with E-state index in [1.165, 1.54) is 12.8 Å². The Balaban J connectivity index is 1.45. The number of carbonyl (C=O) groups excluding carboxylic acids is 1. The zero-order valence-corrected chi connectivity index (χ0v) is 9.84. The molecule has 2 rings (SSSR count). The van der Waals surface area contributed by atoms with Gasteiger partial charge in [0.25, 0.3) is 0 Å². The molecule has 2 aliphatic rings. The fraction of sp³-hybridized carbons (Fsp3) is 0.917. The molecule has 1 aliphatic heterocycles. The van der Waals surface area contributed by atoms with Gasteiger partial charge in [0, 0.05) is 31.7 Å². The average Bonchev–Trinajstić information content (AvgIpc) is 3.10. The van der Waals surface area contributed by atoms with Crippen LogP contribution in [-0.4, -0.2) is 37.7 Å². The summed E-state index contributed by atoms with van der Waals surface area (Å²) < 4.78 is 5.29. The molecule has 0 bridgehead atoms. The highest BCUT2D eigenvalue weighted by Gasteiger charge is 2.22. The lowest BCUT2D eigenvalue weighted by atomic mass is 10.1. The van der Waals surface area contributed by atoms with Gasteiger partial charge in [0.15, 0.2) is 0 Å². The second-order valence-corrected chi connectivity index (χ2v) is 4.79. The predicted molar refractivity (Wildman–Crippen MR) is 62.2 cm³/mol. The summed E-state index contributed by atoms with van der Waals surface area (Å²) in [4.78, 5) is 11.4. The first kappa shape index (κ1) is 11.9. The zero-order valence-electron chi connectivity index (χ0n) is 9.84. The van der Waals surface area contributed by atoms with E-state index in [0.717, 1.165) is 39.0 Å². The Bertz CT molecular complexity index is 223. The molecule has 0 radical (unpaired) electrons. The molecule has 1 heterocycles. The summed E-state index contributed by atoms with van der Waals surface area (Å²) in [7, 11) is 0. The van der Waals surface area contributed by atoms with Gasteiger partial charge < -0.3 is 15.4 Å². The third-order valence-electron chi connectivity index (χ3n) is 3.18. The second kappa shape index (κ2) is 6.21. The smallest absolute Gasteiger partial charge is 0.220 e. The summed E-state index contributed by atoms with van der Waals surface area (Å²) in [5.74, 6) is 0.219. The molecule has 92 valence electrons. The molecule has 0 aromatic rings. The fourth-order valence-corrected chi connectivity index (χ4v) is 1.98. The van der Waals surface area contributed by atoms with E-state index >= 15 is 0 Å².